The van der Waals surface area contributed by atoms with E-state index >= 15 is 0 Å². The van der Waals surface area contributed by atoms with Crippen molar-refractivity contribution in [2.75, 3.05) is 12.3 Å². The maximum atomic E-state index is 12.7. The summed E-state index contributed by atoms with van der Waals surface area (Å²) < 4.78 is 27.0. The first kappa shape index (κ1) is 14.3. The molecule has 0 aliphatic carbocycles. The van der Waals surface area contributed by atoms with Crippen LogP contribution >= 0.6 is 0 Å². The second-order valence-corrected chi connectivity index (χ2v) is 6.86. The molecular formula is C13H21N3O2S. The fourth-order valence-electron chi connectivity index (χ4n) is 2.64. The lowest BCUT2D eigenvalue weighted by Gasteiger charge is -2.34. The van der Waals surface area contributed by atoms with E-state index in [0.29, 0.717) is 6.54 Å². The third-order valence-corrected chi connectivity index (χ3v) is 5.50. The summed E-state index contributed by atoms with van der Waals surface area (Å²) in [6, 6.07) is 3.08. The van der Waals surface area contributed by atoms with E-state index in [0.717, 1.165) is 32.1 Å². The second kappa shape index (κ2) is 5.88. The molecule has 1 saturated heterocycles. The topological polar surface area (TPSA) is 76.3 Å². The molecule has 6 heteroatoms. The summed E-state index contributed by atoms with van der Waals surface area (Å²) in [7, 11) is -3.44. The third kappa shape index (κ3) is 3.06. The molecule has 2 N–H and O–H groups in total. The standard InChI is InChI=1S/C13H21N3O2S/c1-2-5-11-6-3-4-9-16(11)19(17,18)12-7-8-15-13(14)10-12/h7-8,10-11H,2-6,9H2,1H3,(H2,14,15). The third-order valence-electron chi connectivity index (χ3n) is 3.55. The number of nitrogens with two attached hydrogens (primary N) is 1. The lowest BCUT2D eigenvalue weighted by Crippen LogP contribution is -2.43. The summed E-state index contributed by atoms with van der Waals surface area (Å²) in [6.45, 7) is 2.69. The predicted molar refractivity (Wildman–Crippen MR) is 75.1 cm³/mol. The van der Waals surface area contributed by atoms with Crippen molar-refractivity contribution in [3.05, 3.63) is 18.3 Å². The molecule has 1 unspecified atom stereocenters. The molecule has 1 aromatic heterocycles. The zero-order valence-electron chi connectivity index (χ0n) is 11.2. The van der Waals surface area contributed by atoms with Gasteiger partial charge in [0.15, 0.2) is 0 Å². The fraction of sp³-hybridized carbons (Fsp3) is 0.615. The number of hydrogen-bond donors (Lipinski definition) is 1. The summed E-state index contributed by atoms with van der Waals surface area (Å²) in [5.41, 5.74) is 5.58. The highest BCUT2D eigenvalue weighted by atomic mass is 32.2. The van der Waals surface area contributed by atoms with Crippen molar-refractivity contribution in [2.45, 2.75) is 50.0 Å². The van der Waals surface area contributed by atoms with Crippen molar-refractivity contribution < 1.29 is 8.42 Å². The number of anilines is 1. The molecule has 106 valence electrons. The first-order valence-corrected chi connectivity index (χ1v) is 8.23. The Bertz CT molecular complexity index is 528. The maximum absolute atomic E-state index is 12.7. The highest BCUT2D eigenvalue weighted by Crippen LogP contribution is 2.27. The molecule has 0 radical (unpaired) electrons. The van der Waals surface area contributed by atoms with E-state index in [1.165, 1.54) is 18.3 Å². The van der Waals surface area contributed by atoms with E-state index in [4.69, 9.17) is 5.73 Å². The van der Waals surface area contributed by atoms with Gasteiger partial charge < -0.3 is 5.73 Å². The van der Waals surface area contributed by atoms with Crippen molar-refractivity contribution in [3.63, 3.8) is 0 Å². The number of sulfonamides is 1. The Balaban J connectivity index is 2.31. The van der Waals surface area contributed by atoms with Gasteiger partial charge in [0.05, 0.1) is 4.90 Å². The van der Waals surface area contributed by atoms with Crippen molar-refractivity contribution in [2.24, 2.45) is 0 Å². The summed E-state index contributed by atoms with van der Waals surface area (Å²) in [4.78, 5) is 4.10. The molecule has 1 aliphatic rings. The van der Waals surface area contributed by atoms with Gasteiger partial charge in [0.25, 0.3) is 0 Å². The Hall–Kier alpha value is -1.14. The predicted octanol–water partition coefficient (Wildman–Crippen LogP) is 2.01. The van der Waals surface area contributed by atoms with Crippen LogP contribution in [-0.2, 0) is 10.0 Å². The number of nitrogens with zero attached hydrogens (tertiary/aromatic N) is 2. The van der Waals surface area contributed by atoms with Crippen LogP contribution in [0, 0.1) is 0 Å². The van der Waals surface area contributed by atoms with E-state index < -0.39 is 10.0 Å². The van der Waals surface area contributed by atoms with E-state index in [1.807, 2.05) is 0 Å². The molecule has 0 amide bonds. The first-order valence-electron chi connectivity index (χ1n) is 6.79. The minimum atomic E-state index is -3.44. The molecule has 0 spiro atoms. The van der Waals surface area contributed by atoms with Gasteiger partial charge in [-0.1, -0.05) is 19.8 Å². The molecule has 2 heterocycles. The van der Waals surface area contributed by atoms with Gasteiger partial charge in [0.1, 0.15) is 5.82 Å². The number of rotatable bonds is 4. The summed E-state index contributed by atoms with van der Waals surface area (Å²) in [5.74, 6) is 0.241. The molecule has 0 saturated carbocycles. The van der Waals surface area contributed by atoms with Gasteiger partial charge >= 0.3 is 0 Å². The SMILES string of the molecule is CCCC1CCCCN1S(=O)(=O)c1ccnc(N)c1. The second-order valence-electron chi connectivity index (χ2n) is 4.97. The number of piperidine rings is 1. The molecule has 19 heavy (non-hydrogen) atoms. The lowest BCUT2D eigenvalue weighted by molar-refractivity contribution is 0.239. The quantitative estimate of drug-likeness (QED) is 0.917. The van der Waals surface area contributed by atoms with Crippen LogP contribution in [0.2, 0.25) is 0 Å². The molecule has 1 fully saturated rings. The molecule has 1 atom stereocenters. The van der Waals surface area contributed by atoms with E-state index in [2.05, 4.69) is 11.9 Å². The number of aromatic nitrogens is 1. The summed E-state index contributed by atoms with van der Waals surface area (Å²) in [6.07, 6.45) is 6.35. The fourth-order valence-corrected chi connectivity index (χ4v) is 4.38. The molecule has 0 bridgehead atoms. The number of hydrogen-bond acceptors (Lipinski definition) is 4. The highest BCUT2D eigenvalue weighted by molar-refractivity contribution is 7.89. The maximum Gasteiger partial charge on any atom is 0.243 e. The van der Waals surface area contributed by atoms with Crippen molar-refractivity contribution in [1.82, 2.24) is 9.29 Å². The summed E-state index contributed by atoms with van der Waals surface area (Å²) in [5, 5.41) is 0. The van der Waals surface area contributed by atoms with Crippen molar-refractivity contribution >= 4 is 15.8 Å². The smallest absolute Gasteiger partial charge is 0.243 e. The molecular weight excluding hydrogens is 262 g/mol. The zero-order valence-corrected chi connectivity index (χ0v) is 12.1. The van der Waals surface area contributed by atoms with E-state index in [9.17, 15) is 8.42 Å². The van der Waals surface area contributed by atoms with Gasteiger partial charge in [-0.3, -0.25) is 0 Å². The minimum Gasteiger partial charge on any atom is -0.384 e. The van der Waals surface area contributed by atoms with Crippen LogP contribution in [0.4, 0.5) is 5.82 Å². The molecule has 5 nitrogen and oxygen atoms in total. The van der Waals surface area contributed by atoms with Gasteiger partial charge in [0.2, 0.25) is 10.0 Å². The van der Waals surface area contributed by atoms with Gasteiger partial charge in [0, 0.05) is 24.8 Å². The van der Waals surface area contributed by atoms with Crippen molar-refractivity contribution in [3.8, 4) is 0 Å². The Morgan fingerprint density at radius 2 is 2.26 bits per heavy atom. The Morgan fingerprint density at radius 1 is 1.47 bits per heavy atom. The molecule has 1 aromatic rings. The average Bonchev–Trinajstić information content (AvgIpc) is 2.39. The van der Waals surface area contributed by atoms with E-state index in [1.54, 1.807) is 4.31 Å². The van der Waals surface area contributed by atoms with Crippen LogP contribution in [0.25, 0.3) is 0 Å². The number of nitrogen functional groups attached to an aromatic ring is 1. The van der Waals surface area contributed by atoms with Crippen LogP contribution in [0.3, 0.4) is 0 Å². The monoisotopic (exact) mass is 283 g/mol. The van der Waals surface area contributed by atoms with Crippen LogP contribution in [0.5, 0.6) is 0 Å². The van der Waals surface area contributed by atoms with Gasteiger partial charge in [-0.15, -0.1) is 0 Å². The Kier molecular flexibility index (Phi) is 4.42. The number of pyridine rings is 1. The van der Waals surface area contributed by atoms with Crippen LogP contribution in [0.1, 0.15) is 39.0 Å². The highest BCUT2D eigenvalue weighted by Gasteiger charge is 2.32. The Morgan fingerprint density at radius 3 is 2.95 bits per heavy atom. The molecule has 1 aliphatic heterocycles. The van der Waals surface area contributed by atoms with Crippen molar-refractivity contribution in [1.29, 1.82) is 0 Å². The molecule has 2 rings (SSSR count). The van der Waals surface area contributed by atoms with Crippen LogP contribution < -0.4 is 5.73 Å². The minimum absolute atomic E-state index is 0.123. The van der Waals surface area contributed by atoms with Gasteiger partial charge in [-0.05, 0) is 25.3 Å². The lowest BCUT2D eigenvalue weighted by atomic mass is 10.0. The van der Waals surface area contributed by atoms with E-state index in [-0.39, 0.29) is 16.8 Å². The zero-order chi connectivity index (χ0) is 13.9. The first-order chi connectivity index (χ1) is 9.05. The normalized spacial score (nSPS) is 21.4. The summed E-state index contributed by atoms with van der Waals surface area (Å²) >= 11 is 0. The average molecular weight is 283 g/mol. The van der Waals surface area contributed by atoms with Crippen LogP contribution in [0.15, 0.2) is 23.2 Å². The largest absolute Gasteiger partial charge is 0.384 e. The Labute approximate surface area is 114 Å². The molecule has 0 aromatic carbocycles. The van der Waals surface area contributed by atoms with Crippen LogP contribution in [-0.4, -0.2) is 30.3 Å². The van der Waals surface area contributed by atoms with Gasteiger partial charge in [-0.25, -0.2) is 13.4 Å². The van der Waals surface area contributed by atoms with Gasteiger partial charge in [-0.2, -0.15) is 4.31 Å².